The highest BCUT2D eigenvalue weighted by atomic mass is 19.1. The highest BCUT2D eigenvalue weighted by Gasteiger charge is 2.12. The Balaban J connectivity index is 1.80. The number of anilines is 1. The first-order chi connectivity index (χ1) is 11.7. The molecule has 0 unspecified atom stereocenters. The minimum absolute atomic E-state index is 0.0287. The number of nitrogens with zero attached hydrogens (tertiary/aromatic N) is 2. The van der Waals surface area contributed by atoms with Crippen LogP contribution in [0.4, 0.5) is 14.9 Å². The van der Waals surface area contributed by atoms with Gasteiger partial charge in [-0.05, 0) is 25.1 Å². The van der Waals surface area contributed by atoms with Gasteiger partial charge in [0.2, 0.25) is 0 Å². The molecular weight excluding hydrogens is 311 g/mol. The van der Waals surface area contributed by atoms with Crippen molar-refractivity contribution in [3.63, 3.8) is 0 Å². The number of hydrogen-bond donors (Lipinski definition) is 2. The molecule has 1 aromatic heterocycles. The van der Waals surface area contributed by atoms with Crippen LogP contribution in [0.15, 0.2) is 41.2 Å². The molecule has 0 aliphatic heterocycles. The van der Waals surface area contributed by atoms with Crippen molar-refractivity contribution in [2.24, 2.45) is 0 Å². The Hall–Kier alpha value is -3.01. The molecule has 7 heteroatoms. The van der Waals surface area contributed by atoms with Crippen LogP contribution >= 0.6 is 0 Å². The SMILES string of the molecule is CCN(Cc1ccoc1)C(=O)NCCNc1cccc(F)c1C#N. The lowest BCUT2D eigenvalue weighted by molar-refractivity contribution is 0.198. The van der Waals surface area contributed by atoms with Crippen LogP contribution < -0.4 is 10.6 Å². The zero-order valence-electron chi connectivity index (χ0n) is 13.4. The maximum Gasteiger partial charge on any atom is 0.317 e. The Kier molecular flexibility index (Phi) is 6.20. The molecule has 0 bridgehead atoms. The second kappa shape index (κ2) is 8.58. The Morgan fingerprint density at radius 3 is 2.88 bits per heavy atom. The third-order valence-corrected chi connectivity index (χ3v) is 3.46. The van der Waals surface area contributed by atoms with E-state index in [0.29, 0.717) is 31.9 Å². The largest absolute Gasteiger partial charge is 0.472 e. The molecule has 2 rings (SSSR count). The molecule has 0 atom stereocenters. The fraction of sp³-hybridized carbons (Fsp3) is 0.294. The van der Waals surface area contributed by atoms with E-state index in [-0.39, 0.29) is 11.6 Å². The summed E-state index contributed by atoms with van der Waals surface area (Å²) in [4.78, 5) is 13.8. The van der Waals surface area contributed by atoms with Gasteiger partial charge in [-0.25, -0.2) is 9.18 Å². The van der Waals surface area contributed by atoms with Crippen molar-refractivity contribution < 1.29 is 13.6 Å². The molecule has 0 spiro atoms. The van der Waals surface area contributed by atoms with Gasteiger partial charge in [0.15, 0.2) is 0 Å². The van der Waals surface area contributed by atoms with Crippen molar-refractivity contribution in [1.29, 1.82) is 5.26 Å². The Bertz CT molecular complexity index is 710. The first-order valence-electron chi connectivity index (χ1n) is 7.62. The number of carbonyl (C=O) groups is 1. The van der Waals surface area contributed by atoms with Gasteiger partial charge < -0.3 is 20.0 Å². The van der Waals surface area contributed by atoms with Crippen molar-refractivity contribution in [2.45, 2.75) is 13.5 Å². The molecule has 2 aromatic rings. The lowest BCUT2D eigenvalue weighted by Gasteiger charge is -2.20. The van der Waals surface area contributed by atoms with E-state index in [1.54, 1.807) is 23.5 Å². The summed E-state index contributed by atoms with van der Waals surface area (Å²) in [7, 11) is 0. The molecule has 6 nitrogen and oxygen atoms in total. The average Bonchev–Trinajstić information content (AvgIpc) is 3.09. The predicted molar refractivity (Wildman–Crippen MR) is 87.8 cm³/mol. The average molecular weight is 330 g/mol. The smallest absolute Gasteiger partial charge is 0.317 e. The number of nitrogens with one attached hydrogen (secondary N) is 2. The summed E-state index contributed by atoms with van der Waals surface area (Å²) in [6.45, 7) is 3.65. The van der Waals surface area contributed by atoms with Crippen LogP contribution in [0.3, 0.4) is 0 Å². The lowest BCUT2D eigenvalue weighted by atomic mass is 10.2. The van der Waals surface area contributed by atoms with Crippen LogP contribution in [-0.4, -0.2) is 30.6 Å². The van der Waals surface area contributed by atoms with E-state index in [1.807, 2.05) is 19.1 Å². The van der Waals surface area contributed by atoms with Crippen molar-refractivity contribution >= 4 is 11.7 Å². The zero-order chi connectivity index (χ0) is 17.4. The summed E-state index contributed by atoms with van der Waals surface area (Å²) in [5.41, 5.74) is 1.31. The number of nitriles is 1. The quantitative estimate of drug-likeness (QED) is 0.765. The van der Waals surface area contributed by atoms with E-state index in [9.17, 15) is 9.18 Å². The van der Waals surface area contributed by atoms with Crippen molar-refractivity contribution in [2.75, 3.05) is 25.0 Å². The molecule has 0 aliphatic rings. The highest BCUT2D eigenvalue weighted by Crippen LogP contribution is 2.17. The molecule has 1 heterocycles. The molecule has 126 valence electrons. The van der Waals surface area contributed by atoms with E-state index in [4.69, 9.17) is 9.68 Å². The van der Waals surface area contributed by atoms with Crippen LogP contribution in [-0.2, 0) is 6.54 Å². The van der Waals surface area contributed by atoms with Crippen molar-refractivity contribution in [1.82, 2.24) is 10.2 Å². The van der Waals surface area contributed by atoms with Crippen LogP contribution in [0, 0.1) is 17.1 Å². The van der Waals surface area contributed by atoms with Gasteiger partial charge in [-0.3, -0.25) is 0 Å². The molecule has 0 saturated carbocycles. The third-order valence-electron chi connectivity index (χ3n) is 3.46. The Labute approximate surface area is 139 Å². The van der Waals surface area contributed by atoms with E-state index < -0.39 is 5.82 Å². The van der Waals surface area contributed by atoms with Crippen LogP contribution in [0.1, 0.15) is 18.1 Å². The standard InChI is InChI=1S/C17H19FN4O2/c1-2-22(11-13-6-9-24-12-13)17(23)21-8-7-20-16-5-3-4-15(18)14(16)10-19/h3-6,9,12,20H,2,7-8,11H2,1H3,(H,21,23). The molecule has 0 radical (unpaired) electrons. The molecule has 2 amide bonds. The lowest BCUT2D eigenvalue weighted by Crippen LogP contribution is -2.41. The molecule has 24 heavy (non-hydrogen) atoms. The van der Waals surface area contributed by atoms with Gasteiger partial charge in [-0.1, -0.05) is 6.07 Å². The van der Waals surface area contributed by atoms with Gasteiger partial charge in [0.05, 0.1) is 24.8 Å². The summed E-state index contributed by atoms with van der Waals surface area (Å²) >= 11 is 0. The second-order valence-electron chi connectivity index (χ2n) is 5.08. The summed E-state index contributed by atoms with van der Waals surface area (Å²) in [5, 5.41) is 14.7. The molecule has 0 saturated heterocycles. The topological polar surface area (TPSA) is 81.3 Å². The number of benzene rings is 1. The van der Waals surface area contributed by atoms with E-state index in [1.165, 1.54) is 12.1 Å². The first kappa shape index (κ1) is 17.3. The minimum atomic E-state index is -0.566. The van der Waals surface area contributed by atoms with E-state index in [0.717, 1.165) is 5.56 Å². The van der Waals surface area contributed by atoms with Gasteiger partial charge >= 0.3 is 6.03 Å². The van der Waals surface area contributed by atoms with E-state index >= 15 is 0 Å². The van der Waals surface area contributed by atoms with Gasteiger partial charge in [-0.15, -0.1) is 0 Å². The Morgan fingerprint density at radius 2 is 2.21 bits per heavy atom. The summed E-state index contributed by atoms with van der Waals surface area (Å²) < 4.78 is 18.5. The maximum absolute atomic E-state index is 13.5. The molecular formula is C17H19FN4O2. The predicted octanol–water partition coefficient (Wildman–Crippen LogP) is 2.93. The monoisotopic (exact) mass is 330 g/mol. The number of halogens is 1. The van der Waals surface area contributed by atoms with Crippen LogP contribution in [0.2, 0.25) is 0 Å². The van der Waals surface area contributed by atoms with Gasteiger partial charge in [0, 0.05) is 25.2 Å². The molecule has 2 N–H and O–H groups in total. The van der Waals surface area contributed by atoms with Gasteiger partial charge in [0.1, 0.15) is 17.4 Å². The third kappa shape index (κ3) is 4.49. The molecule has 0 aliphatic carbocycles. The zero-order valence-corrected chi connectivity index (χ0v) is 13.4. The number of urea groups is 1. The summed E-state index contributed by atoms with van der Waals surface area (Å²) in [6.07, 6.45) is 3.17. The number of carbonyl (C=O) groups excluding carboxylic acids is 1. The maximum atomic E-state index is 13.5. The molecule has 1 aromatic carbocycles. The number of hydrogen-bond acceptors (Lipinski definition) is 4. The number of amides is 2. The van der Waals surface area contributed by atoms with Crippen LogP contribution in [0.5, 0.6) is 0 Å². The second-order valence-corrected chi connectivity index (χ2v) is 5.08. The summed E-state index contributed by atoms with van der Waals surface area (Å²) in [6, 6.07) is 7.83. The van der Waals surface area contributed by atoms with Gasteiger partial charge in [-0.2, -0.15) is 5.26 Å². The normalized spacial score (nSPS) is 10.0. The van der Waals surface area contributed by atoms with Crippen LogP contribution in [0.25, 0.3) is 0 Å². The van der Waals surface area contributed by atoms with Gasteiger partial charge in [0.25, 0.3) is 0 Å². The fourth-order valence-electron chi connectivity index (χ4n) is 2.19. The first-order valence-corrected chi connectivity index (χ1v) is 7.62. The highest BCUT2D eigenvalue weighted by molar-refractivity contribution is 5.74. The number of rotatable bonds is 7. The van der Waals surface area contributed by atoms with Crippen molar-refractivity contribution in [3.8, 4) is 6.07 Å². The van der Waals surface area contributed by atoms with E-state index in [2.05, 4.69) is 10.6 Å². The Morgan fingerprint density at radius 1 is 1.38 bits per heavy atom. The number of furan rings is 1. The summed E-state index contributed by atoms with van der Waals surface area (Å²) in [5.74, 6) is -0.566. The molecule has 0 fully saturated rings. The van der Waals surface area contributed by atoms with Crippen molar-refractivity contribution in [3.05, 3.63) is 53.7 Å². The minimum Gasteiger partial charge on any atom is -0.472 e. The fourth-order valence-corrected chi connectivity index (χ4v) is 2.19.